The molecule has 6 nitrogen and oxygen atoms in total. The lowest BCUT2D eigenvalue weighted by atomic mass is 9.98. The number of ether oxygens (including phenoxy) is 2. The van der Waals surface area contributed by atoms with Gasteiger partial charge in [-0.25, -0.2) is 9.98 Å². The van der Waals surface area contributed by atoms with Gasteiger partial charge in [0.15, 0.2) is 17.5 Å². The van der Waals surface area contributed by atoms with E-state index in [-0.39, 0.29) is 11.5 Å². The van der Waals surface area contributed by atoms with E-state index in [1.54, 1.807) is 18.4 Å². The molecule has 2 aromatic rings. The lowest BCUT2D eigenvalue weighted by molar-refractivity contribution is 0.213. The minimum absolute atomic E-state index is 0.0491. The molecule has 0 fully saturated rings. The molecule has 0 saturated heterocycles. The Morgan fingerprint density at radius 3 is 2.54 bits per heavy atom. The number of aromatic nitrogens is 1. The van der Waals surface area contributed by atoms with Crippen LogP contribution in [0.4, 0.5) is 0 Å². The highest BCUT2D eigenvalue weighted by Gasteiger charge is 2.17. The van der Waals surface area contributed by atoms with Crippen molar-refractivity contribution in [1.29, 1.82) is 0 Å². The fraction of sp³-hybridized carbons (Fsp3) is 0.524. The smallest absolute Gasteiger partial charge is 0.191 e. The predicted molar refractivity (Wildman–Crippen MR) is 117 cm³/mol. The minimum Gasteiger partial charge on any atom is -0.493 e. The maximum Gasteiger partial charge on any atom is 0.191 e. The first-order chi connectivity index (χ1) is 13.3. The van der Waals surface area contributed by atoms with Crippen LogP contribution >= 0.6 is 11.3 Å². The van der Waals surface area contributed by atoms with E-state index in [1.165, 1.54) is 0 Å². The van der Waals surface area contributed by atoms with Crippen LogP contribution in [0.3, 0.4) is 0 Å². The largest absolute Gasteiger partial charge is 0.493 e. The fourth-order valence-corrected chi connectivity index (χ4v) is 3.34. The van der Waals surface area contributed by atoms with Gasteiger partial charge < -0.3 is 20.1 Å². The zero-order valence-corrected chi connectivity index (χ0v) is 18.5. The standard InChI is InChI=1S/C21H32N4O2S/c1-7-22-20(24-13-16-14-28-19(25-16)21(3,4)5)23-12-15(2)27-18-11-9-8-10-17(18)26-6/h8-11,14-15H,7,12-13H2,1-6H3,(H2,22,23,24). The Balaban J connectivity index is 1.92. The number of hydrogen-bond donors (Lipinski definition) is 2. The number of nitrogens with one attached hydrogen (secondary N) is 2. The van der Waals surface area contributed by atoms with E-state index in [1.807, 2.05) is 38.1 Å². The summed E-state index contributed by atoms with van der Waals surface area (Å²) in [5, 5.41) is 9.82. The van der Waals surface area contributed by atoms with E-state index in [9.17, 15) is 0 Å². The molecule has 0 saturated carbocycles. The summed E-state index contributed by atoms with van der Waals surface area (Å²) in [6.45, 7) is 12.5. The van der Waals surface area contributed by atoms with E-state index in [0.717, 1.165) is 34.7 Å². The Hall–Kier alpha value is -2.28. The molecule has 0 spiro atoms. The molecule has 0 aliphatic rings. The first kappa shape index (κ1) is 22.0. The third kappa shape index (κ3) is 6.71. The monoisotopic (exact) mass is 404 g/mol. The van der Waals surface area contributed by atoms with Crippen LogP contribution in [0.5, 0.6) is 11.5 Å². The highest BCUT2D eigenvalue weighted by molar-refractivity contribution is 7.09. The molecule has 1 heterocycles. The summed E-state index contributed by atoms with van der Waals surface area (Å²) in [7, 11) is 1.64. The molecule has 1 atom stereocenters. The van der Waals surface area contributed by atoms with Crippen molar-refractivity contribution in [2.24, 2.45) is 4.99 Å². The van der Waals surface area contributed by atoms with Crippen molar-refractivity contribution in [3.8, 4) is 11.5 Å². The van der Waals surface area contributed by atoms with Crippen LogP contribution < -0.4 is 20.1 Å². The van der Waals surface area contributed by atoms with Gasteiger partial charge in [-0.1, -0.05) is 32.9 Å². The number of thiazole rings is 1. The number of para-hydroxylation sites is 2. The SMILES string of the molecule is CCNC(=NCc1csc(C(C)(C)C)n1)NCC(C)Oc1ccccc1OC. The van der Waals surface area contributed by atoms with E-state index in [0.29, 0.717) is 13.1 Å². The lowest BCUT2D eigenvalue weighted by Gasteiger charge is -2.19. The average Bonchev–Trinajstić information content (AvgIpc) is 3.14. The molecule has 1 unspecified atom stereocenters. The zero-order valence-electron chi connectivity index (χ0n) is 17.7. The summed E-state index contributed by atoms with van der Waals surface area (Å²) in [6, 6.07) is 7.65. The number of benzene rings is 1. The number of hydrogen-bond acceptors (Lipinski definition) is 5. The summed E-state index contributed by atoms with van der Waals surface area (Å²) in [4.78, 5) is 9.35. The van der Waals surface area contributed by atoms with Gasteiger partial charge in [0.25, 0.3) is 0 Å². The second kappa shape index (κ2) is 10.3. The van der Waals surface area contributed by atoms with Gasteiger partial charge in [0.1, 0.15) is 6.10 Å². The molecule has 7 heteroatoms. The molecule has 0 bridgehead atoms. The molecule has 0 aliphatic heterocycles. The molecule has 154 valence electrons. The van der Waals surface area contributed by atoms with E-state index in [4.69, 9.17) is 14.5 Å². The van der Waals surface area contributed by atoms with Gasteiger partial charge >= 0.3 is 0 Å². The van der Waals surface area contributed by atoms with Crippen molar-refractivity contribution in [3.05, 3.63) is 40.3 Å². The number of guanidine groups is 1. The van der Waals surface area contributed by atoms with Gasteiger partial charge in [0.2, 0.25) is 0 Å². The van der Waals surface area contributed by atoms with Gasteiger partial charge in [-0.15, -0.1) is 11.3 Å². The number of aliphatic imine (C=N–C) groups is 1. The summed E-state index contributed by atoms with van der Waals surface area (Å²) in [6.07, 6.45) is -0.0491. The molecule has 28 heavy (non-hydrogen) atoms. The molecule has 0 amide bonds. The Morgan fingerprint density at radius 1 is 1.21 bits per heavy atom. The van der Waals surface area contributed by atoms with Crippen molar-refractivity contribution < 1.29 is 9.47 Å². The maximum atomic E-state index is 5.99. The van der Waals surface area contributed by atoms with E-state index >= 15 is 0 Å². The molecule has 1 aromatic carbocycles. The van der Waals surface area contributed by atoms with Crippen LogP contribution in [0.2, 0.25) is 0 Å². The molecule has 2 rings (SSSR count). The number of methoxy groups -OCH3 is 1. The van der Waals surface area contributed by atoms with Gasteiger partial charge in [-0.3, -0.25) is 0 Å². The molecule has 1 aromatic heterocycles. The highest BCUT2D eigenvalue weighted by atomic mass is 32.1. The Kier molecular flexibility index (Phi) is 8.11. The second-order valence-electron chi connectivity index (χ2n) is 7.55. The third-order valence-electron chi connectivity index (χ3n) is 3.89. The summed E-state index contributed by atoms with van der Waals surface area (Å²) >= 11 is 1.69. The Labute approximate surface area is 172 Å². The quantitative estimate of drug-likeness (QED) is 0.515. The van der Waals surface area contributed by atoms with Crippen LogP contribution in [-0.2, 0) is 12.0 Å². The molecular weight excluding hydrogens is 372 g/mol. The predicted octanol–water partition coefficient (Wildman–Crippen LogP) is 3.97. The van der Waals surface area contributed by atoms with Crippen LogP contribution in [0.15, 0.2) is 34.6 Å². The summed E-state index contributed by atoms with van der Waals surface area (Å²) in [5.41, 5.74) is 1.06. The second-order valence-corrected chi connectivity index (χ2v) is 8.41. The molecule has 0 aliphatic carbocycles. The Bertz CT molecular complexity index is 768. The zero-order chi connectivity index (χ0) is 20.6. The van der Waals surface area contributed by atoms with Gasteiger partial charge in [-0.2, -0.15) is 0 Å². The lowest BCUT2D eigenvalue weighted by Crippen LogP contribution is -2.41. The highest BCUT2D eigenvalue weighted by Crippen LogP contribution is 2.27. The van der Waals surface area contributed by atoms with Crippen molar-refractivity contribution >= 4 is 17.3 Å². The average molecular weight is 405 g/mol. The van der Waals surface area contributed by atoms with Crippen molar-refractivity contribution in [2.75, 3.05) is 20.2 Å². The number of nitrogens with zero attached hydrogens (tertiary/aromatic N) is 2. The van der Waals surface area contributed by atoms with Crippen molar-refractivity contribution in [1.82, 2.24) is 15.6 Å². The molecular formula is C21H32N4O2S. The minimum atomic E-state index is -0.0491. The van der Waals surface area contributed by atoms with Crippen molar-refractivity contribution in [3.63, 3.8) is 0 Å². The van der Waals surface area contributed by atoms with Crippen LogP contribution in [0.25, 0.3) is 0 Å². The fourth-order valence-electron chi connectivity index (χ4n) is 2.44. The maximum absolute atomic E-state index is 5.99. The molecule has 0 radical (unpaired) electrons. The van der Waals surface area contributed by atoms with Gasteiger partial charge in [0, 0.05) is 17.3 Å². The van der Waals surface area contributed by atoms with Crippen LogP contribution in [0, 0.1) is 0 Å². The number of rotatable bonds is 8. The third-order valence-corrected chi connectivity index (χ3v) is 5.21. The van der Waals surface area contributed by atoms with Gasteiger partial charge in [-0.05, 0) is 26.0 Å². The molecule has 2 N–H and O–H groups in total. The Morgan fingerprint density at radius 2 is 1.93 bits per heavy atom. The normalized spacial score (nSPS) is 13.1. The van der Waals surface area contributed by atoms with Crippen LogP contribution in [-0.4, -0.2) is 37.2 Å². The van der Waals surface area contributed by atoms with Crippen LogP contribution in [0.1, 0.15) is 45.3 Å². The van der Waals surface area contributed by atoms with Gasteiger partial charge in [0.05, 0.1) is 30.9 Å². The summed E-state index contributed by atoms with van der Waals surface area (Å²) in [5.74, 6) is 2.22. The first-order valence-corrected chi connectivity index (χ1v) is 10.5. The van der Waals surface area contributed by atoms with E-state index in [2.05, 4.69) is 41.8 Å². The van der Waals surface area contributed by atoms with Crippen molar-refractivity contribution in [2.45, 2.75) is 52.7 Å². The summed E-state index contributed by atoms with van der Waals surface area (Å²) < 4.78 is 11.3. The first-order valence-electron chi connectivity index (χ1n) is 9.60. The van der Waals surface area contributed by atoms with E-state index < -0.39 is 0 Å². The topological polar surface area (TPSA) is 67.8 Å².